The van der Waals surface area contributed by atoms with Crippen molar-refractivity contribution >= 4 is 17.5 Å². The van der Waals surface area contributed by atoms with E-state index in [0.717, 1.165) is 48.9 Å². The Morgan fingerprint density at radius 2 is 1.89 bits per heavy atom. The first kappa shape index (κ1) is 19.9. The topological polar surface area (TPSA) is 52.7 Å². The molecule has 148 valence electrons. The van der Waals surface area contributed by atoms with Gasteiger partial charge in [-0.05, 0) is 67.8 Å². The summed E-state index contributed by atoms with van der Waals surface area (Å²) < 4.78 is 0. The van der Waals surface area contributed by atoms with Gasteiger partial charge in [0.1, 0.15) is 0 Å². The maximum absolute atomic E-state index is 12.4. The molecule has 5 nitrogen and oxygen atoms in total. The van der Waals surface area contributed by atoms with Crippen LogP contribution in [-0.2, 0) is 11.2 Å². The minimum atomic E-state index is -0.0145. The molecular weight excluding hydrogens is 338 g/mol. The van der Waals surface area contributed by atoms with Crippen molar-refractivity contribution in [3.8, 4) is 0 Å². The zero-order valence-electron chi connectivity index (χ0n) is 17.0. The third-order valence-electron chi connectivity index (χ3n) is 5.75. The van der Waals surface area contributed by atoms with Crippen molar-refractivity contribution < 1.29 is 9.59 Å². The van der Waals surface area contributed by atoms with Crippen molar-refractivity contribution in [1.29, 1.82) is 0 Å². The SMILES string of the molecule is CC(=O)N1CCc2cc(C(=O)NCCCCN3CC(C)CC(C)C3)ccc21. The Labute approximate surface area is 163 Å². The molecule has 1 aromatic rings. The van der Waals surface area contributed by atoms with Gasteiger partial charge in [-0.15, -0.1) is 0 Å². The number of carbonyl (C=O) groups is 2. The van der Waals surface area contributed by atoms with Crippen LogP contribution in [-0.4, -0.2) is 49.4 Å². The highest BCUT2D eigenvalue weighted by atomic mass is 16.2. The van der Waals surface area contributed by atoms with E-state index in [9.17, 15) is 9.59 Å². The van der Waals surface area contributed by atoms with Crippen molar-refractivity contribution in [2.75, 3.05) is 37.6 Å². The van der Waals surface area contributed by atoms with Crippen LogP contribution in [0.2, 0.25) is 0 Å². The van der Waals surface area contributed by atoms with Crippen LogP contribution in [0.15, 0.2) is 18.2 Å². The summed E-state index contributed by atoms with van der Waals surface area (Å²) in [5, 5.41) is 3.04. The zero-order valence-corrected chi connectivity index (χ0v) is 17.0. The smallest absolute Gasteiger partial charge is 0.251 e. The highest BCUT2D eigenvalue weighted by molar-refractivity contribution is 5.97. The Kier molecular flexibility index (Phi) is 6.53. The molecule has 2 aliphatic heterocycles. The summed E-state index contributed by atoms with van der Waals surface area (Å²) >= 11 is 0. The lowest BCUT2D eigenvalue weighted by Crippen LogP contribution is -2.39. The van der Waals surface area contributed by atoms with Crippen molar-refractivity contribution in [2.45, 2.75) is 46.5 Å². The van der Waals surface area contributed by atoms with Gasteiger partial charge in [-0.25, -0.2) is 0 Å². The summed E-state index contributed by atoms with van der Waals surface area (Å²) in [7, 11) is 0. The molecule has 2 atom stereocenters. The Morgan fingerprint density at radius 1 is 1.15 bits per heavy atom. The van der Waals surface area contributed by atoms with Crippen LogP contribution in [0.1, 0.15) is 56.0 Å². The number of piperidine rings is 1. The second-order valence-electron chi connectivity index (χ2n) is 8.43. The molecule has 0 bridgehead atoms. The molecule has 1 fully saturated rings. The molecular formula is C22H33N3O2. The number of likely N-dealkylation sites (tertiary alicyclic amines) is 1. The molecule has 0 aromatic heterocycles. The number of rotatable bonds is 6. The van der Waals surface area contributed by atoms with E-state index in [0.29, 0.717) is 18.7 Å². The molecule has 1 aromatic carbocycles. The Hall–Kier alpha value is -1.88. The van der Waals surface area contributed by atoms with Crippen molar-refractivity contribution in [3.63, 3.8) is 0 Å². The average Bonchev–Trinajstić information content (AvgIpc) is 3.03. The van der Waals surface area contributed by atoms with E-state index >= 15 is 0 Å². The molecule has 0 spiro atoms. The summed E-state index contributed by atoms with van der Waals surface area (Å²) in [6.45, 7) is 11.2. The van der Waals surface area contributed by atoms with Crippen molar-refractivity contribution in [3.05, 3.63) is 29.3 Å². The summed E-state index contributed by atoms with van der Waals surface area (Å²) in [6.07, 6.45) is 4.30. The van der Waals surface area contributed by atoms with Gasteiger partial charge in [0.25, 0.3) is 5.91 Å². The lowest BCUT2D eigenvalue weighted by Gasteiger charge is -2.34. The van der Waals surface area contributed by atoms with Crippen molar-refractivity contribution in [2.24, 2.45) is 11.8 Å². The van der Waals surface area contributed by atoms with E-state index in [2.05, 4.69) is 24.1 Å². The molecule has 1 saturated heterocycles. The Morgan fingerprint density at radius 3 is 2.59 bits per heavy atom. The lowest BCUT2D eigenvalue weighted by atomic mass is 9.92. The lowest BCUT2D eigenvalue weighted by molar-refractivity contribution is -0.116. The largest absolute Gasteiger partial charge is 0.352 e. The number of anilines is 1. The number of nitrogens with one attached hydrogen (secondary N) is 1. The number of hydrogen-bond acceptors (Lipinski definition) is 3. The zero-order chi connectivity index (χ0) is 19.4. The van der Waals surface area contributed by atoms with Crippen LogP contribution in [0.3, 0.4) is 0 Å². The van der Waals surface area contributed by atoms with Crippen LogP contribution in [0.25, 0.3) is 0 Å². The average molecular weight is 372 g/mol. The predicted octanol–water partition coefficient (Wildman–Crippen LogP) is 3.08. The van der Waals surface area contributed by atoms with Gasteiger partial charge in [0.2, 0.25) is 5.91 Å². The molecule has 2 heterocycles. The first-order chi connectivity index (χ1) is 12.9. The van der Waals surface area contributed by atoms with Crippen LogP contribution in [0.5, 0.6) is 0 Å². The Bertz CT molecular complexity index is 678. The number of fused-ring (bicyclic) bond motifs is 1. The number of hydrogen-bond donors (Lipinski definition) is 1. The molecule has 0 radical (unpaired) electrons. The number of benzene rings is 1. The van der Waals surface area contributed by atoms with Gasteiger partial charge in [0.15, 0.2) is 0 Å². The molecule has 1 N–H and O–H groups in total. The van der Waals surface area contributed by atoms with Crippen LogP contribution in [0.4, 0.5) is 5.69 Å². The standard InChI is InChI=1S/C22H33N3O2/c1-16-12-17(2)15-24(14-16)10-5-4-9-23-22(27)20-6-7-21-19(13-20)8-11-25(21)18(3)26/h6-7,13,16-17H,4-5,8-12,14-15H2,1-3H3,(H,23,27). The van der Waals surface area contributed by atoms with Gasteiger partial charge in [-0.1, -0.05) is 13.8 Å². The monoisotopic (exact) mass is 371 g/mol. The van der Waals surface area contributed by atoms with E-state index in [1.54, 1.807) is 11.8 Å². The first-order valence-corrected chi connectivity index (χ1v) is 10.4. The van der Waals surface area contributed by atoms with E-state index in [-0.39, 0.29) is 11.8 Å². The summed E-state index contributed by atoms with van der Waals surface area (Å²) in [6, 6.07) is 5.66. The van der Waals surface area contributed by atoms with E-state index < -0.39 is 0 Å². The summed E-state index contributed by atoms with van der Waals surface area (Å²) in [4.78, 5) is 28.4. The maximum atomic E-state index is 12.4. The second-order valence-corrected chi connectivity index (χ2v) is 8.43. The van der Waals surface area contributed by atoms with E-state index in [1.807, 2.05) is 18.2 Å². The van der Waals surface area contributed by atoms with E-state index in [1.165, 1.54) is 19.5 Å². The molecule has 2 amide bonds. The highest BCUT2D eigenvalue weighted by Crippen LogP contribution is 2.28. The van der Waals surface area contributed by atoms with Gasteiger partial charge >= 0.3 is 0 Å². The van der Waals surface area contributed by atoms with Gasteiger partial charge in [-0.3, -0.25) is 9.59 Å². The third kappa shape index (κ3) is 5.10. The highest BCUT2D eigenvalue weighted by Gasteiger charge is 2.23. The summed E-state index contributed by atoms with van der Waals surface area (Å²) in [5.41, 5.74) is 2.73. The number of amides is 2. The number of nitrogens with zero attached hydrogens (tertiary/aromatic N) is 2. The Balaban J connectivity index is 1.40. The van der Waals surface area contributed by atoms with Gasteiger partial charge in [0, 0.05) is 44.4 Å². The number of unbranched alkanes of at least 4 members (excludes halogenated alkanes) is 1. The molecule has 5 heteroatoms. The molecule has 2 unspecified atom stereocenters. The maximum Gasteiger partial charge on any atom is 0.251 e. The van der Waals surface area contributed by atoms with E-state index in [4.69, 9.17) is 0 Å². The molecule has 0 aliphatic carbocycles. The van der Waals surface area contributed by atoms with Crippen LogP contribution < -0.4 is 10.2 Å². The minimum Gasteiger partial charge on any atom is -0.352 e. The second kappa shape index (κ2) is 8.87. The minimum absolute atomic E-state index is 0.0145. The third-order valence-corrected chi connectivity index (χ3v) is 5.75. The fourth-order valence-electron chi connectivity index (χ4n) is 4.61. The van der Waals surface area contributed by atoms with Gasteiger partial charge in [-0.2, -0.15) is 0 Å². The molecule has 0 saturated carbocycles. The predicted molar refractivity (Wildman–Crippen MR) is 109 cm³/mol. The first-order valence-electron chi connectivity index (χ1n) is 10.4. The van der Waals surface area contributed by atoms with Gasteiger partial charge < -0.3 is 15.1 Å². The normalized spacial score (nSPS) is 22.6. The summed E-state index contributed by atoms with van der Waals surface area (Å²) in [5.74, 6) is 1.64. The molecule has 3 rings (SSSR count). The fraction of sp³-hybridized carbons (Fsp3) is 0.636. The number of carbonyl (C=O) groups excluding carboxylic acids is 2. The quantitative estimate of drug-likeness (QED) is 0.782. The molecule has 2 aliphatic rings. The fourth-order valence-corrected chi connectivity index (χ4v) is 4.61. The molecule has 27 heavy (non-hydrogen) atoms. The van der Waals surface area contributed by atoms with Gasteiger partial charge in [0.05, 0.1) is 0 Å². The van der Waals surface area contributed by atoms with Crippen LogP contribution >= 0.6 is 0 Å². The van der Waals surface area contributed by atoms with Crippen molar-refractivity contribution in [1.82, 2.24) is 10.2 Å². The van der Waals surface area contributed by atoms with Crippen LogP contribution in [0, 0.1) is 11.8 Å².